The van der Waals surface area contributed by atoms with E-state index in [-0.39, 0.29) is 47.4 Å². The monoisotopic (exact) mass is 375 g/mol. The van der Waals surface area contributed by atoms with E-state index in [9.17, 15) is 19.1 Å². The van der Waals surface area contributed by atoms with Gasteiger partial charge in [0.05, 0.1) is 23.1 Å². The molecule has 0 aliphatic carbocycles. The Morgan fingerprint density at radius 1 is 1.15 bits per heavy atom. The van der Waals surface area contributed by atoms with Gasteiger partial charge in [-0.3, -0.25) is 9.89 Å². The van der Waals surface area contributed by atoms with Crippen molar-refractivity contribution in [1.82, 2.24) is 9.78 Å². The molecule has 0 bridgehead atoms. The summed E-state index contributed by atoms with van der Waals surface area (Å²) < 4.78 is 14.2. The van der Waals surface area contributed by atoms with E-state index in [0.29, 0.717) is 11.4 Å². The minimum absolute atomic E-state index is 0. The van der Waals surface area contributed by atoms with Gasteiger partial charge in [0.15, 0.2) is 5.69 Å². The second-order valence-corrected chi connectivity index (χ2v) is 5.71. The summed E-state index contributed by atoms with van der Waals surface area (Å²) in [7, 11) is 0. The van der Waals surface area contributed by atoms with E-state index in [1.54, 1.807) is 31.2 Å². The first-order valence-corrected chi connectivity index (χ1v) is 7.86. The van der Waals surface area contributed by atoms with E-state index in [4.69, 9.17) is 0 Å². The number of aromatic amines is 1. The summed E-state index contributed by atoms with van der Waals surface area (Å²) in [5.41, 5.74) is 0.750. The van der Waals surface area contributed by atoms with E-state index in [1.807, 2.05) is 6.07 Å². The smallest absolute Gasteiger partial charge is 0.543 e. The number of aliphatic carboxylic acids is 1. The molecule has 2 aromatic carbocycles. The van der Waals surface area contributed by atoms with Gasteiger partial charge < -0.3 is 9.90 Å². The van der Waals surface area contributed by atoms with Gasteiger partial charge in [0, 0.05) is 6.42 Å². The molecule has 0 saturated heterocycles. The van der Waals surface area contributed by atoms with Crippen LogP contribution in [0, 0.1) is 12.7 Å². The molecule has 132 valence electrons. The number of aryl methyl sites for hydroxylation is 1. The van der Waals surface area contributed by atoms with Gasteiger partial charge in [0.1, 0.15) is 5.82 Å². The fraction of sp³-hybridized carbons (Fsp3) is 0.105. The second kappa shape index (κ2) is 8.94. The predicted octanol–water partition coefficient (Wildman–Crippen LogP) is -1.32. The number of halogens is 1. The number of benzene rings is 2. The van der Waals surface area contributed by atoms with Gasteiger partial charge in [-0.1, -0.05) is 30.3 Å². The number of carbonyl (C=O) groups is 1. The first-order chi connectivity index (χ1) is 12.5. The van der Waals surface area contributed by atoms with Crippen molar-refractivity contribution >= 4 is 17.4 Å². The normalized spacial score (nSPS) is 11.1. The molecule has 0 amide bonds. The summed E-state index contributed by atoms with van der Waals surface area (Å²) in [6, 6.07) is 14.2. The Hall–Kier alpha value is -2.48. The second-order valence-electron chi connectivity index (χ2n) is 5.71. The standard InChI is InChI=1S/C19H16FN3O3.Na/c1-12-17(18(24)23(22-12)15-9-7-14(20)8-10-15)21-16(19(25)26)11-13-5-3-2-4-6-13;/h2-10,22H,11H2,1H3,(H,25,26);/q;+1/p-1. The van der Waals surface area contributed by atoms with E-state index >= 15 is 0 Å². The average Bonchev–Trinajstić information content (AvgIpc) is 2.90. The van der Waals surface area contributed by atoms with Crippen LogP contribution in [0.4, 0.5) is 10.1 Å². The molecule has 1 heterocycles. The molecule has 1 N–H and O–H groups in total. The van der Waals surface area contributed by atoms with Crippen LogP contribution in [0.25, 0.3) is 5.69 Å². The van der Waals surface area contributed by atoms with E-state index < -0.39 is 17.3 Å². The molecular formula is C19H15FN3NaO3. The summed E-state index contributed by atoms with van der Waals surface area (Å²) in [5, 5.41) is 14.3. The third-order valence-corrected chi connectivity index (χ3v) is 3.82. The van der Waals surface area contributed by atoms with Crippen molar-refractivity contribution in [3.63, 3.8) is 0 Å². The first kappa shape index (κ1) is 20.8. The van der Waals surface area contributed by atoms with Crippen LogP contribution < -0.4 is 40.2 Å². The molecule has 3 aromatic rings. The fourth-order valence-electron chi connectivity index (χ4n) is 2.52. The van der Waals surface area contributed by atoms with Gasteiger partial charge in [-0.05, 0) is 36.8 Å². The minimum atomic E-state index is -1.44. The number of H-pyrrole nitrogens is 1. The third-order valence-electron chi connectivity index (χ3n) is 3.82. The maximum atomic E-state index is 13.1. The van der Waals surface area contributed by atoms with Crippen LogP contribution in [0.1, 0.15) is 11.3 Å². The zero-order valence-electron chi connectivity index (χ0n) is 14.9. The molecule has 3 rings (SSSR count). The SMILES string of the molecule is Cc1[nH]n(-c2ccc(F)cc2)c(=O)c1N=C(Cc1ccccc1)C(=O)[O-].[Na+]. The molecule has 0 atom stereocenters. The first-order valence-electron chi connectivity index (χ1n) is 7.86. The maximum Gasteiger partial charge on any atom is 1.00 e. The van der Waals surface area contributed by atoms with Gasteiger partial charge >= 0.3 is 29.6 Å². The fourth-order valence-corrected chi connectivity index (χ4v) is 2.52. The molecule has 27 heavy (non-hydrogen) atoms. The number of rotatable bonds is 5. The molecular weight excluding hydrogens is 360 g/mol. The van der Waals surface area contributed by atoms with Crippen molar-refractivity contribution in [2.24, 2.45) is 4.99 Å². The van der Waals surface area contributed by atoms with Crippen molar-refractivity contribution < 1.29 is 43.8 Å². The number of carboxylic acids is 1. The number of nitrogens with one attached hydrogen (secondary N) is 1. The Kier molecular flexibility index (Phi) is 6.90. The van der Waals surface area contributed by atoms with Crippen LogP contribution in [-0.4, -0.2) is 21.5 Å². The summed E-state index contributed by atoms with van der Waals surface area (Å²) in [5.74, 6) is -1.87. The summed E-state index contributed by atoms with van der Waals surface area (Å²) in [4.78, 5) is 28.1. The van der Waals surface area contributed by atoms with Crippen molar-refractivity contribution in [2.75, 3.05) is 0 Å². The van der Waals surface area contributed by atoms with Gasteiger partial charge in [-0.2, -0.15) is 0 Å². The molecule has 0 aliphatic rings. The number of carbonyl (C=O) groups excluding carboxylic acids is 1. The van der Waals surface area contributed by atoms with Crippen LogP contribution in [0.5, 0.6) is 0 Å². The minimum Gasteiger partial charge on any atom is -0.543 e. The molecule has 0 fully saturated rings. The zero-order valence-corrected chi connectivity index (χ0v) is 16.9. The molecule has 6 nitrogen and oxygen atoms in total. The number of aliphatic imine (C=N–C) groups is 1. The molecule has 0 saturated carbocycles. The number of carboxylic acid groups (broad SMARTS) is 1. The Morgan fingerprint density at radius 3 is 2.37 bits per heavy atom. The number of aromatic nitrogens is 2. The number of nitrogens with zero attached hydrogens (tertiary/aromatic N) is 2. The Balaban J connectivity index is 0.00000261. The van der Waals surface area contributed by atoms with Crippen LogP contribution in [0.3, 0.4) is 0 Å². The van der Waals surface area contributed by atoms with Gasteiger partial charge in [0.25, 0.3) is 5.56 Å². The van der Waals surface area contributed by atoms with Gasteiger partial charge in [0.2, 0.25) is 0 Å². The van der Waals surface area contributed by atoms with E-state index in [2.05, 4.69) is 10.1 Å². The summed E-state index contributed by atoms with van der Waals surface area (Å²) in [6.07, 6.45) is 0.0315. The van der Waals surface area contributed by atoms with Crippen LogP contribution >= 0.6 is 0 Å². The topological polar surface area (TPSA) is 90.3 Å². The Labute approximate surface area is 176 Å². The molecule has 0 aliphatic heterocycles. The predicted molar refractivity (Wildman–Crippen MR) is 93.3 cm³/mol. The maximum absolute atomic E-state index is 13.1. The van der Waals surface area contributed by atoms with Crippen LogP contribution in [-0.2, 0) is 11.2 Å². The summed E-state index contributed by atoms with van der Waals surface area (Å²) in [6.45, 7) is 1.61. The van der Waals surface area contributed by atoms with Gasteiger partial charge in [-0.25, -0.2) is 14.1 Å². The van der Waals surface area contributed by atoms with Crippen molar-refractivity contribution in [2.45, 2.75) is 13.3 Å². The van der Waals surface area contributed by atoms with Crippen molar-refractivity contribution in [1.29, 1.82) is 0 Å². The largest absolute Gasteiger partial charge is 1.00 e. The quantitative estimate of drug-likeness (QED) is 0.443. The number of hydrogen-bond donors (Lipinski definition) is 1. The molecule has 0 radical (unpaired) electrons. The van der Waals surface area contributed by atoms with E-state index in [0.717, 1.165) is 5.56 Å². The molecule has 0 spiro atoms. The van der Waals surface area contributed by atoms with Crippen molar-refractivity contribution in [3.05, 3.63) is 82.0 Å². The average molecular weight is 375 g/mol. The molecule has 0 unspecified atom stereocenters. The van der Waals surface area contributed by atoms with Crippen molar-refractivity contribution in [3.8, 4) is 5.69 Å². The molecule has 1 aromatic heterocycles. The van der Waals surface area contributed by atoms with E-state index in [1.165, 1.54) is 28.9 Å². The zero-order chi connectivity index (χ0) is 18.7. The summed E-state index contributed by atoms with van der Waals surface area (Å²) >= 11 is 0. The molecule has 8 heteroatoms. The van der Waals surface area contributed by atoms with Crippen LogP contribution in [0.15, 0.2) is 64.4 Å². The Bertz CT molecular complexity index is 1020. The van der Waals surface area contributed by atoms with Crippen LogP contribution in [0.2, 0.25) is 0 Å². The Morgan fingerprint density at radius 2 is 1.78 bits per heavy atom. The van der Waals surface area contributed by atoms with Gasteiger partial charge in [-0.15, -0.1) is 0 Å². The number of hydrogen-bond acceptors (Lipinski definition) is 4. The third kappa shape index (κ3) is 4.82.